The molecule has 0 spiro atoms. The normalized spacial score (nSPS) is 9.86. The van der Waals surface area contributed by atoms with Crippen molar-refractivity contribution in [2.24, 2.45) is 0 Å². The largest absolute Gasteiger partial charge is 0.490 e. The highest BCUT2D eigenvalue weighted by molar-refractivity contribution is 9.10. The molecule has 0 aromatic heterocycles. The number of rotatable bonds is 4. The molecule has 1 aromatic carbocycles. The molecular formula is C8H7BrFNO3. The molecule has 14 heavy (non-hydrogen) atoms. The Bertz CT molecular complexity index is 345. The van der Waals surface area contributed by atoms with Gasteiger partial charge in [-0.25, -0.2) is 4.39 Å². The van der Waals surface area contributed by atoms with Gasteiger partial charge in [0.1, 0.15) is 19.0 Å². The lowest BCUT2D eigenvalue weighted by molar-refractivity contribution is -0.384. The lowest BCUT2D eigenvalue weighted by Crippen LogP contribution is -1.99. The molecule has 0 saturated carbocycles. The number of non-ortho nitro benzene ring substituents is 1. The zero-order valence-electron chi connectivity index (χ0n) is 7.07. The van der Waals surface area contributed by atoms with Gasteiger partial charge >= 0.3 is 0 Å². The maximum atomic E-state index is 11.8. The predicted molar refractivity (Wildman–Crippen MR) is 52.3 cm³/mol. The Morgan fingerprint density at radius 2 is 2.29 bits per heavy atom. The SMILES string of the molecule is O=[N+]([O-])c1ccc(OCCF)c(Br)c1. The number of alkyl halides is 1. The Morgan fingerprint density at radius 1 is 1.57 bits per heavy atom. The van der Waals surface area contributed by atoms with Gasteiger partial charge in [-0.15, -0.1) is 0 Å². The van der Waals surface area contributed by atoms with Gasteiger partial charge in [-0.2, -0.15) is 0 Å². The second-order valence-corrected chi connectivity index (χ2v) is 3.26. The minimum atomic E-state index is -0.594. The summed E-state index contributed by atoms with van der Waals surface area (Å²) in [5.74, 6) is 0.397. The smallest absolute Gasteiger partial charge is 0.270 e. The molecule has 1 aromatic rings. The molecule has 0 unspecified atom stereocenters. The molecule has 0 heterocycles. The zero-order valence-corrected chi connectivity index (χ0v) is 8.66. The van der Waals surface area contributed by atoms with Crippen LogP contribution in [-0.2, 0) is 0 Å². The molecule has 4 nitrogen and oxygen atoms in total. The van der Waals surface area contributed by atoms with Crippen molar-refractivity contribution in [3.8, 4) is 5.75 Å². The van der Waals surface area contributed by atoms with Gasteiger partial charge in [-0.05, 0) is 22.0 Å². The summed E-state index contributed by atoms with van der Waals surface area (Å²) >= 11 is 3.09. The molecule has 0 N–H and O–H groups in total. The predicted octanol–water partition coefficient (Wildman–Crippen LogP) is 2.71. The maximum Gasteiger partial charge on any atom is 0.270 e. The highest BCUT2D eigenvalue weighted by Gasteiger charge is 2.09. The van der Waals surface area contributed by atoms with E-state index in [-0.39, 0.29) is 12.3 Å². The molecular weight excluding hydrogens is 257 g/mol. The third-order valence-electron chi connectivity index (χ3n) is 1.46. The average molecular weight is 264 g/mol. The van der Waals surface area contributed by atoms with Crippen LogP contribution < -0.4 is 4.74 Å². The van der Waals surface area contributed by atoms with E-state index >= 15 is 0 Å². The van der Waals surface area contributed by atoms with Crippen LogP contribution in [-0.4, -0.2) is 18.2 Å². The fraction of sp³-hybridized carbons (Fsp3) is 0.250. The number of nitro benzene ring substituents is 1. The van der Waals surface area contributed by atoms with Crippen molar-refractivity contribution in [3.63, 3.8) is 0 Å². The topological polar surface area (TPSA) is 52.4 Å². The number of halogens is 2. The van der Waals surface area contributed by atoms with Crippen molar-refractivity contribution in [2.45, 2.75) is 0 Å². The monoisotopic (exact) mass is 263 g/mol. The van der Waals surface area contributed by atoms with Crippen LogP contribution in [0.4, 0.5) is 10.1 Å². The number of hydrogen-bond acceptors (Lipinski definition) is 3. The standard InChI is InChI=1S/C8H7BrFNO3/c9-7-5-6(11(12)13)1-2-8(7)14-4-3-10/h1-2,5H,3-4H2. The Kier molecular flexibility index (Phi) is 3.82. The average Bonchev–Trinajstić information content (AvgIpc) is 2.15. The molecule has 76 valence electrons. The number of nitrogens with zero attached hydrogens (tertiary/aromatic N) is 1. The van der Waals surface area contributed by atoms with Gasteiger partial charge in [0.05, 0.1) is 9.40 Å². The van der Waals surface area contributed by atoms with Gasteiger partial charge in [0, 0.05) is 12.1 Å². The van der Waals surface area contributed by atoms with E-state index in [1.165, 1.54) is 18.2 Å². The van der Waals surface area contributed by atoms with E-state index in [2.05, 4.69) is 15.9 Å². The molecule has 0 aliphatic carbocycles. The molecule has 0 aliphatic heterocycles. The molecule has 0 saturated heterocycles. The van der Waals surface area contributed by atoms with Crippen molar-refractivity contribution in [3.05, 3.63) is 32.8 Å². The van der Waals surface area contributed by atoms with Gasteiger partial charge in [0.25, 0.3) is 5.69 Å². The Morgan fingerprint density at radius 3 is 2.79 bits per heavy atom. The first-order valence-electron chi connectivity index (χ1n) is 3.78. The van der Waals surface area contributed by atoms with Crippen LogP contribution in [0, 0.1) is 10.1 Å². The molecule has 6 heteroatoms. The van der Waals surface area contributed by atoms with E-state index in [9.17, 15) is 14.5 Å². The summed E-state index contributed by atoms with van der Waals surface area (Å²) in [6, 6.07) is 4.05. The second-order valence-electron chi connectivity index (χ2n) is 2.41. The van der Waals surface area contributed by atoms with E-state index in [1.807, 2.05) is 0 Å². The number of nitro groups is 1. The van der Waals surface area contributed by atoms with Gasteiger partial charge in [-0.1, -0.05) is 0 Å². The van der Waals surface area contributed by atoms with Crippen molar-refractivity contribution in [1.29, 1.82) is 0 Å². The van der Waals surface area contributed by atoms with Crippen LogP contribution in [0.2, 0.25) is 0 Å². The summed E-state index contributed by atoms with van der Waals surface area (Å²) in [5, 5.41) is 10.4. The minimum Gasteiger partial charge on any atom is -0.490 e. The highest BCUT2D eigenvalue weighted by atomic mass is 79.9. The molecule has 0 radical (unpaired) electrons. The summed E-state index contributed by atoms with van der Waals surface area (Å²) < 4.78 is 17.2. The summed E-state index contributed by atoms with van der Waals surface area (Å²) in [6.07, 6.45) is 0. The minimum absolute atomic E-state index is 0.0375. The van der Waals surface area contributed by atoms with Crippen LogP contribution in [0.25, 0.3) is 0 Å². The molecule has 0 aliphatic rings. The van der Waals surface area contributed by atoms with Gasteiger partial charge < -0.3 is 4.74 Å². The second kappa shape index (κ2) is 4.90. The van der Waals surface area contributed by atoms with Gasteiger partial charge in [0.2, 0.25) is 0 Å². The molecule has 0 atom stereocenters. The van der Waals surface area contributed by atoms with E-state index in [0.29, 0.717) is 10.2 Å². The van der Waals surface area contributed by atoms with Gasteiger partial charge in [0.15, 0.2) is 0 Å². The van der Waals surface area contributed by atoms with Crippen LogP contribution in [0.1, 0.15) is 0 Å². The lowest BCUT2D eigenvalue weighted by atomic mass is 10.3. The third-order valence-corrected chi connectivity index (χ3v) is 2.08. The molecule has 1 rings (SSSR count). The van der Waals surface area contributed by atoms with Crippen LogP contribution in [0.3, 0.4) is 0 Å². The summed E-state index contributed by atoms with van der Waals surface area (Å²) in [4.78, 5) is 9.85. The number of hydrogen-bond donors (Lipinski definition) is 0. The Balaban J connectivity index is 2.84. The van der Waals surface area contributed by atoms with Crippen molar-refractivity contribution < 1.29 is 14.1 Å². The van der Waals surface area contributed by atoms with Gasteiger partial charge in [-0.3, -0.25) is 10.1 Å². The van der Waals surface area contributed by atoms with Crippen molar-refractivity contribution in [1.82, 2.24) is 0 Å². The van der Waals surface area contributed by atoms with Crippen molar-refractivity contribution in [2.75, 3.05) is 13.3 Å². The maximum absolute atomic E-state index is 11.8. The van der Waals surface area contributed by atoms with Crippen LogP contribution >= 0.6 is 15.9 Å². The first-order chi connectivity index (χ1) is 6.65. The molecule has 0 fully saturated rings. The Labute approximate surface area is 88.0 Å². The molecule has 0 amide bonds. The summed E-state index contributed by atoms with van der Waals surface area (Å²) in [7, 11) is 0. The van der Waals surface area contributed by atoms with Crippen molar-refractivity contribution >= 4 is 21.6 Å². The quantitative estimate of drug-likeness (QED) is 0.620. The number of benzene rings is 1. The zero-order chi connectivity index (χ0) is 10.6. The fourth-order valence-electron chi connectivity index (χ4n) is 0.869. The molecule has 0 bridgehead atoms. The van der Waals surface area contributed by atoms with E-state index in [0.717, 1.165) is 0 Å². The van der Waals surface area contributed by atoms with Crippen LogP contribution in [0.15, 0.2) is 22.7 Å². The van der Waals surface area contributed by atoms with E-state index < -0.39 is 11.6 Å². The first kappa shape index (κ1) is 10.9. The fourth-order valence-corrected chi connectivity index (χ4v) is 1.35. The Hall–Kier alpha value is -1.17. The summed E-state index contributed by atoms with van der Waals surface area (Å²) in [6.45, 7) is -0.653. The van der Waals surface area contributed by atoms with E-state index in [4.69, 9.17) is 4.74 Å². The third kappa shape index (κ3) is 2.66. The highest BCUT2D eigenvalue weighted by Crippen LogP contribution is 2.28. The lowest BCUT2D eigenvalue weighted by Gasteiger charge is -2.04. The van der Waals surface area contributed by atoms with Crippen LogP contribution in [0.5, 0.6) is 5.75 Å². The summed E-state index contributed by atoms with van der Waals surface area (Å²) in [5.41, 5.74) is -0.0375. The van der Waals surface area contributed by atoms with E-state index in [1.54, 1.807) is 0 Å². The first-order valence-corrected chi connectivity index (χ1v) is 4.57. The number of ether oxygens (including phenoxy) is 1.